The number of nitrogens with one attached hydrogen (secondary N) is 1. The number of nitrogens with two attached hydrogens (primary N) is 1. The van der Waals surface area contributed by atoms with Crippen LogP contribution < -0.4 is 11.1 Å². The van der Waals surface area contributed by atoms with Gasteiger partial charge in [0, 0.05) is 19.9 Å². The summed E-state index contributed by atoms with van der Waals surface area (Å²) in [6.45, 7) is 1.75. The van der Waals surface area contributed by atoms with Gasteiger partial charge in [0.05, 0.1) is 6.54 Å². The molecular formula is C22H25N3O3. The van der Waals surface area contributed by atoms with E-state index in [4.69, 9.17) is 5.73 Å². The molecule has 2 aromatic carbocycles. The van der Waals surface area contributed by atoms with E-state index >= 15 is 0 Å². The number of carbonyl (C=O) groups is 3. The molecule has 0 bridgehead atoms. The Morgan fingerprint density at radius 2 is 1.75 bits per heavy atom. The van der Waals surface area contributed by atoms with Crippen LogP contribution in [0.25, 0.3) is 11.1 Å². The number of hydrogen-bond donors (Lipinski definition) is 2. The van der Waals surface area contributed by atoms with Crippen molar-refractivity contribution < 1.29 is 14.4 Å². The van der Waals surface area contributed by atoms with E-state index in [1.807, 2.05) is 54.6 Å². The van der Waals surface area contributed by atoms with Crippen molar-refractivity contribution in [2.45, 2.75) is 31.7 Å². The summed E-state index contributed by atoms with van der Waals surface area (Å²) in [6, 6.07) is 17.9. The summed E-state index contributed by atoms with van der Waals surface area (Å²) in [7, 11) is 0. The summed E-state index contributed by atoms with van der Waals surface area (Å²) >= 11 is 0. The van der Waals surface area contributed by atoms with Crippen LogP contribution >= 0.6 is 0 Å². The van der Waals surface area contributed by atoms with Crippen molar-refractivity contribution in [3.8, 4) is 11.1 Å². The SMILES string of the molecule is CC(=O)N1CCCC1(Cc1ccccc1-c1ccccc1)C(=O)NCC(N)=O. The minimum atomic E-state index is -1.02. The van der Waals surface area contributed by atoms with Crippen LogP contribution in [0, 0.1) is 0 Å². The van der Waals surface area contributed by atoms with Crippen LogP contribution in [0.3, 0.4) is 0 Å². The zero-order valence-electron chi connectivity index (χ0n) is 16.0. The van der Waals surface area contributed by atoms with E-state index in [0.717, 1.165) is 23.1 Å². The summed E-state index contributed by atoms with van der Waals surface area (Å²) in [6.07, 6.45) is 1.65. The highest BCUT2D eigenvalue weighted by Crippen LogP contribution is 2.36. The van der Waals surface area contributed by atoms with Gasteiger partial charge in [-0.3, -0.25) is 14.4 Å². The second-order valence-electron chi connectivity index (χ2n) is 7.15. The lowest BCUT2D eigenvalue weighted by Crippen LogP contribution is -2.59. The smallest absolute Gasteiger partial charge is 0.246 e. The van der Waals surface area contributed by atoms with Gasteiger partial charge in [-0.2, -0.15) is 0 Å². The average Bonchev–Trinajstić information content (AvgIpc) is 3.12. The number of nitrogens with zero attached hydrogens (tertiary/aromatic N) is 1. The van der Waals surface area contributed by atoms with E-state index < -0.39 is 11.4 Å². The second-order valence-corrected chi connectivity index (χ2v) is 7.15. The monoisotopic (exact) mass is 379 g/mol. The third-order valence-corrected chi connectivity index (χ3v) is 5.30. The fraction of sp³-hybridized carbons (Fsp3) is 0.318. The third kappa shape index (κ3) is 3.91. The molecule has 3 N–H and O–H groups in total. The van der Waals surface area contributed by atoms with E-state index in [0.29, 0.717) is 19.4 Å². The average molecular weight is 379 g/mol. The fourth-order valence-corrected chi connectivity index (χ4v) is 4.06. The van der Waals surface area contributed by atoms with E-state index in [9.17, 15) is 14.4 Å². The number of hydrogen-bond acceptors (Lipinski definition) is 3. The quantitative estimate of drug-likeness (QED) is 0.803. The van der Waals surface area contributed by atoms with Crippen molar-refractivity contribution in [1.82, 2.24) is 10.2 Å². The van der Waals surface area contributed by atoms with Gasteiger partial charge in [0.25, 0.3) is 0 Å². The first kappa shape index (κ1) is 19.6. The molecular weight excluding hydrogens is 354 g/mol. The molecule has 1 atom stereocenters. The van der Waals surface area contributed by atoms with Gasteiger partial charge in [-0.05, 0) is 29.5 Å². The first-order valence-corrected chi connectivity index (χ1v) is 9.42. The Balaban J connectivity index is 2.01. The van der Waals surface area contributed by atoms with Crippen LogP contribution in [-0.2, 0) is 20.8 Å². The van der Waals surface area contributed by atoms with Gasteiger partial charge in [0.15, 0.2) is 0 Å². The summed E-state index contributed by atoms with van der Waals surface area (Å²) < 4.78 is 0. The first-order valence-electron chi connectivity index (χ1n) is 9.42. The molecule has 6 heteroatoms. The lowest BCUT2D eigenvalue weighted by Gasteiger charge is -2.37. The van der Waals surface area contributed by atoms with Gasteiger partial charge in [0.1, 0.15) is 5.54 Å². The molecule has 0 aromatic heterocycles. The molecule has 1 aliphatic heterocycles. The molecule has 0 saturated carbocycles. The maximum atomic E-state index is 13.1. The first-order chi connectivity index (χ1) is 13.4. The zero-order valence-corrected chi connectivity index (χ0v) is 16.0. The second kappa shape index (κ2) is 8.25. The summed E-state index contributed by atoms with van der Waals surface area (Å²) in [4.78, 5) is 38.2. The lowest BCUT2D eigenvalue weighted by atomic mass is 9.84. The van der Waals surface area contributed by atoms with E-state index in [-0.39, 0.29) is 18.4 Å². The van der Waals surface area contributed by atoms with Gasteiger partial charge in [-0.1, -0.05) is 54.6 Å². The molecule has 0 radical (unpaired) electrons. The molecule has 6 nitrogen and oxygen atoms in total. The molecule has 146 valence electrons. The number of carbonyl (C=O) groups excluding carboxylic acids is 3. The highest BCUT2D eigenvalue weighted by Gasteiger charge is 2.48. The Bertz CT molecular complexity index is 882. The van der Waals surface area contributed by atoms with E-state index in [2.05, 4.69) is 5.32 Å². The molecule has 1 saturated heterocycles. The van der Waals surface area contributed by atoms with E-state index in [1.54, 1.807) is 4.90 Å². The molecule has 2 aromatic rings. The topological polar surface area (TPSA) is 92.5 Å². The molecule has 3 amide bonds. The van der Waals surface area contributed by atoms with Crippen LogP contribution in [0.4, 0.5) is 0 Å². The Labute approximate surface area is 164 Å². The van der Waals surface area contributed by atoms with Crippen LogP contribution in [-0.4, -0.2) is 41.2 Å². The molecule has 1 unspecified atom stereocenters. The zero-order chi connectivity index (χ0) is 20.1. The number of amides is 3. The summed E-state index contributed by atoms with van der Waals surface area (Å²) in [5, 5.41) is 2.62. The molecule has 1 aliphatic rings. The standard InChI is InChI=1S/C22H25N3O3/c1-16(26)25-13-7-12-22(25,21(28)24-15-20(23)27)14-18-10-5-6-11-19(18)17-8-3-2-4-9-17/h2-6,8-11H,7,12-15H2,1H3,(H2,23,27)(H,24,28). The van der Waals surface area contributed by atoms with Gasteiger partial charge in [-0.15, -0.1) is 0 Å². The predicted octanol–water partition coefficient (Wildman–Crippen LogP) is 1.88. The Morgan fingerprint density at radius 1 is 1.07 bits per heavy atom. The fourth-order valence-electron chi connectivity index (χ4n) is 4.06. The number of benzene rings is 2. The molecule has 1 heterocycles. The van der Waals surface area contributed by atoms with Gasteiger partial charge >= 0.3 is 0 Å². The normalized spacial score (nSPS) is 18.7. The predicted molar refractivity (Wildman–Crippen MR) is 107 cm³/mol. The number of likely N-dealkylation sites (tertiary alicyclic amines) is 1. The van der Waals surface area contributed by atoms with Crippen molar-refractivity contribution >= 4 is 17.7 Å². The van der Waals surface area contributed by atoms with Gasteiger partial charge in [-0.25, -0.2) is 0 Å². The van der Waals surface area contributed by atoms with Crippen LogP contribution in [0.5, 0.6) is 0 Å². The highest BCUT2D eigenvalue weighted by atomic mass is 16.2. The minimum Gasteiger partial charge on any atom is -0.368 e. The highest BCUT2D eigenvalue weighted by molar-refractivity contribution is 5.94. The molecule has 3 rings (SSSR count). The molecule has 0 spiro atoms. The number of rotatable bonds is 6. The van der Waals surface area contributed by atoms with Crippen molar-refractivity contribution in [1.29, 1.82) is 0 Å². The Morgan fingerprint density at radius 3 is 2.43 bits per heavy atom. The van der Waals surface area contributed by atoms with Crippen molar-refractivity contribution in [2.75, 3.05) is 13.1 Å². The van der Waals surface area contributed by atoms with Crippen molar-refractivity contribution in [3.63, 3.8) is 0 Å². The van der Waals surface area contributed by atoms with Crippen molar-refractivity contribution in [3.05, 3.63) is 60.2 Å². The van der Waals surface area contributed by atoms with Crippen molar-refractivity contribution in [2.24, 2.45) is 5.73 Å². The van der Waals surface area contributed by atoms with Gasteiger partial charge in [0.2, 0.25) is 17.7 Å². The van der Waals surface area contributed by atoms with Crippen LogP contribution in [0.2, 0.25) is 0 Å². The Kier molecular flexibility index (Phi) is 5.78. The molecule has 0 aliphatic carbocycles. The summed E-state index contributed by atoms with van der Waals surface area (Å²) in [5.41, 5.74) is 7.24. The lowest BCUT2D eigenvalue weighted by molar-refractivity contribution is -0.144. The maximum absolute atomic E-state index is 13.1. The summed E-state index contributed by atoms with van der Waals surface area (Å²) in [5.74, 6) is -1.09. The largest absolute Gasteiger partial charge is 0.368 e. The number of primary amides is 1. The maximum Gasteiger partial charge on any atom is 0.246 e. The molecule has 28 heavy (non-hydrogen) atoms. The minimum absolute atomic E-state index is 0.149. The van der Waals surface area contributed by atoms with Crippen LogP contribution in [0.15, 0.2) is 54.6 Å². The van der Waals surface area contributed by atoms with Crippen LogP contribution in [0.1, 0.15) is 25.3 Å². The Hall–Kier alpha value is -3.15. The third-order valence-electron chi connectivity index (χ3n) is 5.30. The molecule has 1 fully saturated rings. The van der Waals surface area contributed by atoms with Gasteiger partial charge < -0.3 is 16.0 Å². The van der Waals surface area contributed by atoms with E-state index in [1.165, 1.54) is 6.92 Å².